The summed E-state index contributed by atoms with van der Waals surface area (Å²) in [5, 5.41) is 14.5. The van der Waals surface area contributed by atoms with E-state index in [1.807, 2.05) is 19.1 Å². The van der Waals surface area contributed by atoms with Crippen LogP contribution in [0.15, 0.2) is 41.2 Å². The van der Waals surface area contributed by atoms with Crippen molar-refractivity contribution >= 4 is 17.7 Å². The molecule has 1 fully saturated rings. The van der Waals surface area contributed by atoms with Crippen LogP contribution >= 0.6 is 0 Å². The summed E-state index contributed by atoms with van der Waals surface area (Å²) in [7, 11) is 1.73. The first-order valence-corrected chi connectivity index (χ1v) is 10.3. The normalized spacial score (nSPS) is 19.7. The monoisotopic (exact) mass is 411 g/mol. The van der Waals surface area contributed by atoms with Crippen molar-refractivity contribution in [3.8, 4) is 11.1 Å². The number of nitrogens with one attached hydrogen (secondary N) is 2. The molecule has 0 spiro atoms. The second-order valence-electron chi connectivity index (χ2n) is 8.24. The summed E-state index contributed by atoms with van der Waals surface area (Å²) >= 11 is 0. The fourth-order valence-electron chi connectivity index (χ4n) is 4.14. The molecular formula is C23H29N3O4. The Hall–Kier alpha value is -3.09. The fraction of sp³-hybridized carbons (Fsp3) is 0.435. The number of anilines is 1. The molecule has 1 aliphatic carbocycles. The van der Waals surface area contributed by atoms with Crippen LogP contribution in [0.1, 0.15) is 38.3 Å². The minimum Gasteiger partial charge on any atom is -0.465 e. The second-order valence-corrected chi connectivity index (χ2v) is 8.24. The van der Waals surface area contributed by atoms with E-state index in [0.29, 0.717) is 11.6 Å². The van der Waals surface area contributed by atoms with Crippen molar-refractivity contribution in [3.63, 3.8) is 0 Å². The van der Waals surface area contributed by atoms with Crippen molar-refractivity contribution in [3.05, 3.63) is 52.4 Å². The number of amides is 2. The van der Waals surface area contributed by atoms with E-state index in [-0.39, 0.29) is 17.4 Å². The Kier molecular flexibility index (Phi) is 6.59. The molecule has 1 heterocycles. The van der Waals surface area contributed by atoms with Crippen LogP contribution in [-0.4, -0.2) is 27.7 Å². The Balaban J connectivity index is 1.74. The highest BCUT2D eigenvalue weighted by Gasteiger charge is 2.32. The van der Waals surface area contributed by atoms with Crippen molar-refractivity contribution in [1.29, 1.82) is 0 Å². The van der Waals surface area contributed by atoms with Gasteiger partial charge in [0.25, 0.3) is 0 Å². The van der Waals surface area contributed by atoms with E-state index in [2.05, 4.69) is 17.6 Å². The molecule has 30 heavy (non-hydrogen) atoms. The minimum atomic E-state index is -1.19. The maximum Gasteiger partial charge on any atom is 0.405 e. The first-order chi connectivity index (χ1) is 14.3. The quantitative estimate of drug-likeness (QED) is 0.697. The molecule has 3 rings (SSSR count). The van der Waals surface area contributed by atoms with Crippen LogP contribution < -0.4 is 16.2 Å². The first-order valence-electron chi connectivity index (χ1n) is 10.3. The van der Waals surface area contributed by atoms with Crippen LogP contribution in [0.3, 0.4) is 0 Å². The van der Waals surface area contributed by atoms with E-state index in [0.717, 1.165) is 42.5 Å². The van der Waals surface area contributed by atoms with Gasteiger partial charge in [-0.25, -0.2) is 4.79 Å². The molecule has 7 heteroatoms. The number of rotatable bonds is 5. The van der Waals surface area contributed by atoms with Gasteiger partial charge in [-0.15, -0.1) is 0 Å². The summed E-state index contributed by atoms with van der Waals surface area (Å²) in [5.41, 5.74) is 3.28. The van der Waals surface area contributed by atoms with Gasteiger partial charge < -0.3 is 20.3 Å². The Bertz CT molecular complexity index is 973. The summed E-state index contributed by atoms with van der Waals surface area (Å²) in [4.78, 5) is 35.8. The first kappa shape index (κ1) is 21.6. The SMILES string of the molecule is Cc1c(-c2ccc(NC(=O)[C@@H](NC(=O)O)C3CCC(C)CC3)cc2)ccc(=O)n1C. The maximum atomic E-state index is 12.8. The van der Waals surface area contributed by atoms with E-state index < -0.39 is 12.1 Å². The highest BCUT2D eigenvalue weighted by molar-refractivity contribution is 5.96. The molecule has 2 amide bonds. The van der Waals surface area contributed by atoms with E-state index in [1.165, 1.54) is 6.07 Å². The molecule has 1 atom stereocenters. The number of aromatic nitrogens is 1. The van der Waals surface area contributed by atoms with Crippen LogP contribution in [0.25, 0.3) is 11.1 Å². The van der Waals surface area contributed by atoms with Crippen molar-refractivity contribution in [2.45, 2.75) is 45.6 Å². The fourth-order valence-corrected chi connectivity index (χ4v) is 4.14. The zero-order valence-corrected chi connectivity index (χ0v) is 17.6. The lowest BCUT2D eigenvalue weighted by atomic mass is 9.79. The highest BCUT2D eigenvalue weighted by Crippen LogP contribution is 2.31. The molecular weight excluding hydrogens is 382 g/mol. The molecule has 0 saturated heterocycles. The highest BCUT2D eigenvalue weighted by atomic mass is 16.4. The molecule has 1 aromatic carbocycles. The van der Waals surface area contributed by atoms with Crippen LogP contribution in [0.4, 0.5) is 10.5 Å². The maximum absolute atomic E-state index is 12.8. The number of carbonyl (C=O) groups excluding carboxylic acids is 1. The third-order valence-electron chi connectivity index (χ3n) is 6.17. The molecule has 0 aliphatic heterocycles. The summed E-state index contributed by atoms with van der Waals surface area (Å²) in [6.07, 6.45) is 2.50. The van der Waals surface area contributed by atoms with Gasteiger partial charge in [-0.05, 0) is 55.4 Å². The topological polar surface area (TPSA) is 100 Å². The zero-order valence-electron chi connectivity index (χ0n) is 17.6. The van der Waals surface area contributed by atoms with Gasteiger partial charge >= 0.3 is 6.09 Å². The molecule has 1 saturated carbocycles. The van der Waals surface area contributed by atoms with E-state index in [9.17, 15) is 19.5 Å². The molecule has 0 radical (unpaired) electrons. The number of nitrogens with zero attached hydrogens (tertiary/aromatic N) is 1. The van der Waals surface area contributed by atoms with Gasteiger partial charge in [0, 0.05) is 30.1 Å². The molecule has 160 valence electrons. The van der Waals surface area contributed by atoms with Crippen LogP contribution in [-0.2, 0) is 11.8 Å². The standard InChI is InChI=1S/C23H29N3O4/c1-14-4-6-17(7-5-14)21(25-23(29)30)22(28)24-18-10-8-16(9-11-18)19-12-13-20(27)26(3)15(19)2/h8-14,17,21,25H,4-7H2,1-3H3,(H,24,28)(H,29,30)/t14?,17?,21-/m0/s1. The Morgan fingerprint density at radius 3 is 2.30 bits per heavy atom. The average Bonchev–Trinajstić information content (AvgIpc) is 2.72. The molecule has 1 aromatic heterocycles. The van der Waals surface area contributed by atoms with Gasteiger partial charge in [0.1, 0.15) is 6.04 Å². The number of hydrogen-bond acceptors (Lipinski definition) is 3. The number of benzene rings is 1. The molecule has 3 N–H and O–H groups in total. The summed E-state index contributed by atoms with van der Waals surface area (Å²) in [6.45, 7) is 4.07. The van der Waals surface area contributed by atoms with Gasteiger partial charge in [-0.2, -0.15) is 0 Å². The van der Waals surface area contributed by atoms with E-state index >= 15 is 0 Å². The van der Waals surface area contributed by atoms with E-state index in [4.69, 9.17) is 0 Å². The van der Waals surface area contributed by atoms with Gasteiger partial charge in [0.15, 0.2) is 0 Å². The van der Waals surface area contributed by atoms with Crippen molar-refractivity contribution < 1.29 is 14.7 Å². The smallest absolute Gasteiger partial charge is 0.405 e. The predicted octanol–water partition coefficient (Wildman–Crippen LogP) is 3.76. The van der Waals surface area contributed by atoms with Crippen LogP contribution in [0.2, 0.25) is 0 Å². The number of hydrogen-bond donors (Lipinski definition) is 3. The lowest BCUT2D eigenvalue weighted by molar-refractivity contribution is -0.119. The lowest BCUT2D eigenvalue weighted by Crippen LogP contribution is -2.48. The zero-order chi connectivity index (χ0) is 21.8. The molecule has 0 bridgehead atoms. The summed E-state index contributed by atoms with van der Waals surface area (Å²) in [5.74, 6) is 0.288. The van der Waals surface area contributed by atoms with Crippen LogP contribution in [0.5, 0.6) is 0 Å². The lowest BCUT2D eigenvalue weighted by Gasteiger charge is -2.31. The third-order valence-corrected chi connectivity index (χ3v) is 6.17. The summed E-state index contributed by atoms with van der Waals surface area (Å²) in [6, 6.07) is 9.90. The molecule has 2 aromatic rings. The number of pyridine rings is 1. The van der Waals surface area contributed by atoms with Gasteiger partial charge in [-0.1, -0.05) is 31.9 Å². The van der Waals surface area contributed by atoms with Crippen molar-refractivity contribution in [2.24, 2.45) is 18.9 Å². The average molecular weight is 412 g/mol. The third kappa shape index (κ3) is 4.90. The molecule has 1 aliphatic rings. The van der Waals surface area contributed by atoms with Crippen LogP contribution in [0, 0.1) is 18.8 Å². The Morgan fingerprint density at radius 2 is 1.70 bits per heavy atom. The number of carboxylic acid groups (broad SMARTS) is 1. The largest absolute Gasteiger partial charge is 0.465 e. The van der Waals surface area contributed by atoms with Crippen molar-refractivity contribution in [1.82, 2.24) is 9.88 Å². The van der Waals surface area contributed by atoms with E-state index in [1.54, 1.807) is 29.8 Å². The van der Waals surface area contributed by atoms with Crippen molar-refractivity contribution in [2.75, 3.05) is 5.32 Å². The molecule has 7 nitrogen and oxygen atoms in total. The van der Waals surface area contributed by atoms with Gasteiger partial charge in [0.2, 0.25) is 11.5 Å². The minimum absolute atomic E-state index is 0.00447. The Labute approximate surface area is 176 Å². The number of carbonyl (C=O) groups is 2. The predicted molar refractivity (Wildman–Crippen MR) is 117 cm³/mol. The van der Waals surface area contributed by atoms with Gasteiger partial charge in [0.05, 0.1) is 0 Å². The summed E-state index contributed by atoms with van der Waals surface area (Å²) < 4.78 is 1.60. The second kappa shape index (κ2) is 9.15. The van der Waals surface area contributed by atoms with Gasteiger partial charge in [-0.3, -0.25) is 9.59 Å². The Morgan fingerprint density at radius 1 is 1.07 bits per heavy atom. The molecule has 0 unspecified atom stereocenters.